The minimum absolute atomic E-state index is 0.212. The van der Waals surface area contributed by atoms with E-state index in [1.165, 1.54) is 38.5 Å². The van der Waals surface area contributed by atoms with Crippen LogP contribution in [-0.2, 0) is 4.74 Å². The Morgan fingerprint density at radius 3 is 1.88 bits per heavy atom. The van der Waals surface area contributed by atoms with Gasteiger partial charge in [0.2, 0.25) is 0 Å². The molecule has 2 saturated carbocycles. The lowest BCUT2D eigenvalue weighted by Gasteiger charge is -2.36. The Bertz CT molecular complexity index is 191. The fourth-order valence-electron chi connectivity index (χ4n) is 3.57. The molecule has 94 valence electrons. The molecule has 0 radical (unpaired) electrons. The molecule has 0 saturated heterocycles. The first kappa shape index (κ1) is 12.3. The standard InChI is InChI=1S/C14H25FO/c1-11-2-4-12(5-3-11)13-6-8-14(9-7-13)16-10-15/h11-14H,2-10H2,1H3. The van der Waals surface area contributed by atoms with Crippen LogP contribution in [0, 0.1) is 17.8 Å². The summed E-state index contributed by atoms with van der Waals surface area (Å²) >= 11 is 0. The van der Waals surface area contributed by atoms with Gasteiger partial charge in [0.15, 0.2) is 6.86 Å². The molecule has 0 unspecified atom stereocenters. The maximum absolute atomic E-state index is 12.1. The number of hydrogen-bond acceptors (Lipinski definition) is 1. The maximum Gasteiger partial charge on any atom is 0.188 e. The average molecular weight is 228 g/mol. The third-order valence-corrected chi connectivity index (χ3v) is 4.74. The molecule has 2 fully saturated rings. The SMILES string of the molecule is CC1CCC(C2CCC(OCF)CC2)CC1. The average Bonchev–Trinajstić information content (AvgIpc) is 2.32. The molecule has 0 aromatic rings. The van der Waals surface area contributed by atoms with Crippen LogP contribution >= 0.6 is 0 Å². The third-order valence-electron chi connectivity index (χ3n) is 4.74. The summed E-state index contributed by atoms with van der Waals surface area (Å²) in [5, 5.41) is 0. The summed E-state index contributed by atoms with van der Waals surface area (Å²) < 4.78 is 17.1. The van der Waals surface area contributed by atoms with E-state index in [1.54, 1.807) is 0 Å². The maximum atomic E-state index is 12.1. The Labute approximate surface area is 98.8 Å². The van der Waals surface area contributed by atoms with Crippen LogP contribution in [0.1, 0.15) is 58.3 Å². The smallest absolute Gasteiger partial charge is 0.188 e. The quantitative estimate of drug-likeness (QED) is 0.699. The summed E-state index contributed by atoms with van der Waals surface area (Å²) in [5.41, 5.74) is 0. The van der Waals surface area contributed by atoms with Crippen molar-refractivity contribution in [3.05, 3.63) is 0 Å². The summed E-state index contributed by atoms with van der Waals surface area (Å²) in [7, 11) is 0. The van der Waals surface area contributed by atoms with Crippen molar-refractivity contribution in [2.75, 3.05) is 6.86 Å². The van der Waals surface area contributed by atoms with E-state index in [4.69, 9.17) is 4.74 Å². The largest absolute Gasteiger partial charge is 0.347 e. The molecule has 0 atom stereocenters. The number of alkyl halides is 1. The lowest BCUT2D eigenvalue weighted by Crippen LogP contribution is -2.28. The van der Waals surface area contributed by atoms with Gasteiger partial charge in [0, 0.05) is 0 Å². The first-order chi connectivity index (χ1) is 7.79. The van der Waals surface area contributed by atoms with E-state index >= 15 is 0 Å². The van der Waals surface area contributed by atoms with Gasteiger partial charge in [-0.3, -0.25) is 0 Å². The summed E-state index contributed by atoms with van der Waals surface area (Å²) in [5.74, 6) is 2.82. The zero-order valence-electron chi connectivity index (χ0n) is 10.5. The molecular weight excluding hydrogens is 203 g/mol. The highest BCUT2D eigenvalue weighted by Crippen LogP contribution is 2.40. The zero-order valence-corrected chi connectivity index (χ0v) is 10.5. The van der Waals surface area contributed by atoms with Crippen molar-refractivity contribution in [2.45, 2.75) is 64.4 Å². The summed E-state index contributed by atoms with van der Waals surface area (Å²) in [4.78, 5) is 0. The Hall–Kier alpha value is -0.110. The molecule has 16 heavy (non-hydrogen) atoms. The van der Waals surface area contributed by atoms with Gasteiger partial charge in [-0.2, -0.15) is 0 Å². The minimum atomic E-state index is -0.601. The van der Waals surface area contributed by atoms with Crippen LogP contribution in [-0.4, -0.2) is 13.0 Å². The van der Waals surface area contributed by atoms with Crippen LogP contribution in [0.5, 0.6) is 0 Å². The molecule has 0 aromatic carbocycles. The highest BCUT2D eigenvalue weighted by atomic mass is 19.1. The van der Waals surface area contributed by atoms with Gasteiger partial charge < -0.3 is 4.74 Å². The van der Waals surface area contributed by atoms with Gasteiger partial charge in [0.1, 0.15) is 0 Å². The van der Waals surface area contributed by atoms with Crippen LogP contribution in [0.3, 0.4) is 0 Å². The van der Waals surface area contributed by atoms with E-state index in [0.29, 0.717) is 0 Å². The monoisotopic (exact) mass is 228 g/mol. The molecular formula is C14H25FO. The lowest BCUT2D eigenvalue weighted by atomic mass is 9.71. The van der Waals surface area contributed by atoms with Gasteiger partial charge in [-0.25, -0.2) is 4.39 Å². The van der Waals surface area contributed by atoms with Gasteiger partial charge in [0.05, 0.1) is 6.10 Å². The van der Waals surface area contributed by atoms with Crippen molar-refractivity contribution >= 4 is 0 Å². The van der Waals surface area contributed by atoms with Crippen molar-refractivity contribution < 1.29 is 9.13 Å². The van der Waals surface area contributed by atoms with Crippen LogP contribution in [0.4, 0.5) is 4.39 Å². The van der Waals surface area contributed by atoms with Crippen LogP contribution in [0.15, 0.2) is 0 Å². The lowest BCUT2D eigenvalue weighted by molar-refractivity contribution is -0.0345. The molecule has 2 rings (SSSR count). The Morgan fingerprint density at radius 1 is 0.875 bits per heavy atom. The predicted octanol–water partition coefficient (Wildman–Crippen LogP) is 4.32. The highest BCUT2D eigenvalue weighted by molar-refractivity contribution is 4.81. The van der Waals surface area contributed by atoms with Crippen molar-refractivity contribution in [3.63, 3.8) is 0 Å². The molecule has 0 spiro atoms. The predicted molar refractivity (Wildman–Crippen MR) is 63.9 cm³/mol. The van der Waals surface area contributed by atoms with E-state index in [2.05, 4.69) is 6.92 Å². The molecule has 2 heteroatoms. The highest BCUT2D eigenvalue weighted by Gasteiger charge is 2.30. The molecule has 0 heterocycles. The van der Waals surface area contributed by atoms with Crippen LogP contribution in [0.25, 0.3) is 0 Å². The van der Waals surface area contributed by atoms with E-state index in [1.807, 2.05) is 0 Å². The van der Waals surface area contributed by atoms with E-state index in [9.17, 15) is 4.39 Å². The Kier molecular flexibility index (Phi) is 4.63. The topological polar surface area (TPSA) is 9.23 Å². The molecule has 2 aliphatic rings. The summed E-state index contributed by atoms with van der Waals surface area (Å²) in [6.07, 6.45) is 10.6. The second-order valence-corrected chi connectivity index (χ2v) is 5.83. The number of ether oxygens (including phenoxy) is 1. The van der Waals surface area contributed by atoms with Gasteiger partial charge in [0.25, 0.3) is 0 Å². The third kappa shape index (κ3) is 3.19. The molecule has 1 nitrogen and oxygen atoms in total. The second-order valence-electron chi connectivity index (χ2n) is 5.83. The second kappa shape index (κ2) is 6.00. The molecule has 0 N–H and O–H groups in total. The fourth-order valence-corrected chi connectivity index (χ4v) is 3.57. The minimum Gasteiger partial charge on any atom is -0.347 e. The van der Waals surface area contributed by atoms with Crippen molar-refractivity contribution in [1.29, 1.82) is 0 Å². The molecule has 0 aromatic heterocycles. The van der Waals surface area contributed by atoms with Crippen molar-refractivity contribution in [2.24, 2.45) is 17.8 Å². The van der Waals surface area contributed by atoms with Gasteiger partial charge in [-0.1, -0.05) is 19.8 Å². The molecule has 2 aliphatic carbocycles. The van der Waals surface area contributed by atoms with E-state index in [0.717, 1.165) is 30.6 Å². The van der Waals surface area contributed by atoms with Gasteiger partial charge >= 0.3 is 0 Å². The molecule has 0 bridgehead atoms. The first-order valence-corrected chi connectivity index (χ1v) is 6.97. The number of hydrogen-bond donors (Lipinski definition) is 0. The van der Waals surface area contributed by atoms with Gasteiger partial charge in [-0.15, -0.1) is 0 Å². The zero-order chi connectivity index (χ0) is 11.4. The fraction of sp³-hybridized carbons (Fsp3) is 1.00. The van der Waals surface area contributed by atoms with E-state index in [-0.39, 0.29) is 6.10 Å². The summed E-state index contributed by atoms with van der Waals surface area (Å²) in [6, 6.07) is 0. The van der Waals surface area contributed by atoms with E-state index < -0.39 is 6.86 Å². The normalized spacial score (nSPS) is 40.9. The molecule has 0 aliphatic heterocycles. The van der Waals surface area contributed by atoms with Crippen LogP contribution in [0.2, 0.25) is 0 Å². The van der Waals surface area contributed by atoms with Gasteiger partial charge in [-0.05, 0) is 56.3 Å². The molecule has 0 amide bonds. The van der Waals surface area contributed by atoms with Crippen molar-refractivity contribution in [1.82, 2.24) is 0 Å². The first-order valence-electron chi connectivity index (χ1n) is 6.97. The Morgan fingerprint density at radius 2 is 1.38 bits per heavy atom. The number of rotatable bonds is 3. The van der Waals surface area contributed by atoms with Crippen LogP contribution < -0.4 is 0 Å². The summed E-state index contributed by atoms with van der Waals surface area (Å²) in [6.45, 7) is 1.78. The number of halogens is 1. The van der Waals surface area contributed by atoms with Crippen molar-refractivity contribution in [3.8, 4) is 0 Å². The Balaban J connectivity index is 1.72.